The van der Waals surface area contributed by atoms with E-state index in [2.05, 4.69) is 169 Å². The highest BCUT2D eigenvalue weighted by Gasteiger charge is 2.53. The third-order valence-corrected chi connectivity index (χ3v) is 21.9. The highest BCUT2D eigenvalue weighted by Crippen LogP contribution is 2.58. The molecule has 3 fully saturated rings. The Balaban J connectivity index is 0.000000118. The Kier molecular flexibility index (Phi) is 14.3. The summed E-state index contributed by atoms with van der Waals surface area (Å²) in [4.78, 5) is 40.5. The van der Waals surface area contributed by atoms with Crippen LogP contribution in [0, 0.1) is 16.2 Å². The fourth-order valence-corrected chi connectivity index (χ4v) is 18.6. The number of carbonyl (C=O) groups is 3. The number of carbonyl (C=O) groups excluding carboxylic acids is 3. The third kappa shape index (κ3) is 9.55. The lowest BCUT2D eigenvalue weighted by atomic mass is 9.58. The third-order valence-electron chi connectivity index (χ3n) is 21.9. The Morgan fingerprint density at radius 1 is 0.345 bits per heavy atom. The molecule has 0 radical (unpaired) electrons. The van der Waals surface area contributed by atoms with Gasteiger partial charge >= 0.3 is 0 Å². The van der Waals surface area contributed by atoms with Gasteiger partial charge in [-0.25, -0.2) is 0 Å². The number of Topliss-reactive ketones (excluding diaryl/α,β-unsaturated/α-hetero) is 3. The zero-order valence-corrected chi connectivity index (χ0v) is 51.8. The molecule has 9 heteroatoms. The summed E-state index contributed by atoms with van der Waals surface area (Å²) >= 11 is 0. The fraction of sp³-hybridized carbons (Fsp3) is 0.520. The second kappa shape index (κ2) is 21.2. The minimum absolute atomic E-state index is 0.0410. The Morgan fingerprint density at radius 3 is 0.821 bits per heavy atom. The molecule has 84 heavy (non-hydrogen) atoms. The first kappa shape index (κ1) is 56.6. The number of rotatable bonds is 6. The highest BCUT2D eigenvalue weighted by molar-refractivity contribution is 6.03. The molecule has 15 rings (SSSR count). The SMILES string of the molecule is CC1(C)CC(=O)C2=C(Cc3[nH]nc(C4CCCC4)c3C2(C)c2ccccc2)C1.CC1(C)CC(=O)C2=C(Cc3[nH]nc(C4CCCC4)c3[C@@]2(C)c2ccccc2)C1.CC1(C)CC(=O)C2=C(Cc3[nH]nc(C4CCCC4)c3[C@]2(C)c2ccccc2)C1. The summed E-state index contributed by atoms with van der Waals surface area (Å²) in [6.07, 6.45) is 22.5. The first-order valence-corrected chi connectivity index (χ1v) is 32.4. The van der Waals surface area contributed by atoms with Crippen LogP contribution in [0.1, 0.15) is 263 Å². The van der Waals surface area contributed by atoms with Crippen molar-refractivity contribution in [1.82, 2.24) is 30.6 Å². The van der Waals surface area contributed by atoms with E-state index in [1.54, 1.807) is 0 Å². The number of nitrogens with one attached hydrogen (secondary N) is 3. The molecule has 6 aromatic rings. The number of H-pyrrole nitrogens is 3. The maximum Gasteiger partial charge on any atom is 0.160 e. The van der Waals surface area contributed by atoms with Crippen LogP contribution in [0.4, 0.5) is 0 Å². The van der Waals surface area contributed by atoms with Crippen LogP contribution in [0.3, 0.4) is 0 Å². The molecule has 0 aliphatic heterocycles. The van der Waals surface area contributed by atoms with Crippen molar-refractivity contribution in [3.05, 3.63) is 192 Å². The van der Waals surface area contributed by atoms with Crippen LogP contribution in [0.15, 0.2) is 124 Å². The number of nitrogens with zero attached hydrogens (tertiary/aromatic N) is 3. The summed E-state index contributed by atoms with van der Waals surface area (Å²) in [5.41, 5.74) is 21.0. The van der Waals surface area contributed by atoms with Gasteiger partial charge in [0.2, 0.25) is 0 Å². The molecular formula is C75H90N6O3. The number of allylic oxidation sites excluding steroid dienone is 6. The molecule has 3 N–H and O–H groups in total. The quantitative estimate of drug-likeness (QED) is 0.152. The number of aromatic nitrogens is 6. The molecule has 0 bridgehead atoms. The monoisotopic (exact) mass is 1120 g/mol. The number of ketones is 3. The second-order valence-corrected chi connectivity index (χ2v) is 30.1. The van der Waals surface area contributed by atoms with Gasteiger partial charge in [0.05, 0.1) is 17.1 Å². The standard InChI is InChI=1S/3C25H30N2O/c3*1-24(2)14-17-13-19-22(23(27-26-19)16-9-7-8-10-16)25(3,21(17)20(28)15-24)18-11-5-4-6-12-18/h3*4-6,11-12,16H,7-10,13-15H2,1-3H3,(H,26,27)/t2*25-;/m10./s1. The van der Waals surface area contributed by atoms with E-state index in [4.69, 9.17) is 15.3 Å². The molecule has 0 spiro atoms. The van der Waals surface area contributed by atoms with Crippen molar-refractivity contribution in [3.8, 4) is 0 Å². The van der Waals surface area contributed by atoms with Gasteiger partial charge in [0, 0.05) is 123 Å². The smallest absolute Gasteiger partial charge is 0.160 e. The van der Waals surface area contributed by atoms with Gasteiger partial charge < -0.3 is 0 Å². The Morgan fingerprint density at radius 2 is 0.583 bits per heavy atom. The van der Waals surface area contributed by atoms with Crippen LogP contribution in [-0.4, -0.2) is 47.9 Å². The molecule has 0 amide bonds. The molecule has 3 heterocycles. The van der Waals surface area contributed by atoms with E-state index in [1.165, 1.54) is 161 Å². The first-order chi connectivity index (χ1) is 40.2. The maximum absolute atomic E-state index is 13.5. The van der Waals surface area contributed by atoms with Crippen molar-refractivity contribution >= 4 is 17.3 Å². The van der Waals surface area contributed by atoms with Crippen LogP contribution >= 0.6 is 0 Å². The zero-order chi connectivity index (χ0) is 58.6. The average molecular weight is 1120 g/mol. The molecule has 3 saturated carbocycles. The Hall–Kier alpha value is -6.48. The predicted octanol–water partition coefficient (Wildman–Crippen LogP) is 16.8. The van der Waals surface area contributed by atoms with E-state index in [9.17, 15) is 14.4 Å². The molecule has 3 aromatic carbocycles. The van der Waals surface area contributed by atoms with Gasteiger partial charge in [0.15, 0.2) is 17.3 Å². The number of hydrogen-bond acceptors (Lipinski definition) is 6. The summed E-state index contributed by atoms with van der Waals surface area (Å²) in [5.74, 6) is 2.59. The second-order valence-electron chi connectivity index (χ2n) is 30.1. The molecular weight excluding hydrogens is 1030 g/mol. The van der Waals surface area contributed by atoms with E-state index in [0.29, 0.717) is 54.4 Å². The predicted molar refractivity (Wildman–Crippen MR) is 334 cm³/mol. The van der Waals surface area contributed by atoms with E-state index >= 15 is 0 Å². The Bertz CT molecular complexity index is 3260. The van der Waals surface area contributed by atoms with Gasteiger partial charge in [-0.3, -0.25) is 29.7 Å². The first-order valence-electron chi connectivity index (χ1n) is 32.4. The lowest BCUT2D eigenvalue weighted by Gasteiger charge is -2.44. The average Bonchev–Trinajstić information content (AvgIpc) is 1.38. The highest BCUT2D eigenvalue weighted by atomic mass is 16.1. The van der Waals surface area contributed by atoms with Crippen LogP contribution < -0.4 is 0 Å². The minimum Gasteiger partial charge on any atom is -0.294 e. The van der Waals surface area contributed by atoms with Crippen molar-refractivity contribution in [3.63, 3.8) is 0 Å². The fourth-order valence-electron chi connectivity index (χ4n) is 18.6. The molecule has 3 aromatic heterocycles. The molecule has 438 valence electrons. The van der Waals surface area contributed by atoms with E-state index in [0.717, 1.165) is 55.2 Å². The van der Waals surface area contributed by atoms with Crippen molar-refractivity contribution in [2.24, 2.45) is 16.2 Å². The van der Waals surface area contributed by atoms with Gasteiger partial charge in [-0.15, -0.1) is 0 Å². The molecule has 9 aliphatic rings. The summed E-state index contributed by atoms with van der Waals surface area (Å²) in [7, 11) is 0. The van der Waals surface area contributed by atoms with Gasteiger partial charge in [0.1, 0.15) is 0 Å². The normalized spacial score (nSPS) is 27.0. The van der Waals surface area contributed by atoms with Gasteiger partial charge in [-0.2, -0.15) is 15.3 Å². The molecule has 9 nitrogen and oxygen atoms in total. The van der Waals surface area contributed by atoms with Gasteiger partial charge in [-0.1, -0.05) is 188 Å². The summed E-state index contributed by atoms with van der Waals surface area (Å²) in [5, 5.41) is 24.8. The molecule has 1 unspecified atom stereocenters. The number of aromatic amines is 3. The van der Waals surface area contributed by atoms with Crippen LogP contribution in [0.2, 0.25) is 0 Å². The number of benzene rings is 3. The van der Waals surface area contributed by atoms with Crippen LogP contribution in [-0.2, 0) is 49.9 Å². The number of hydrogen-bond donors (Lipinski definition) is 3. The summed E-state index contributed by atoms with van der Waals surface area (Å²) < 4.78 is 0. The van der Waals surface area contributed by atoms with E-state index < -0.39 is 16.2 Å². The largest absolute Gasteiger partial charge is 0.294 e. The minimum atomic E-state index is -0.400. The molecule has 9 aliphatic carbocycles. The lowest BCUT2D eigenvalue weighted by Crippen LogP contribution is -2.41. The van der Waals surface area contributed by atoms with Crippen molar-refractivity contribution in [2.45, 2.75) is 231 Å². The summed E-state index contributed by atoms with van der Waals surface area (Å²) in [6, 6.07) is 31.9. The van der Waals surface area contributed by atoms with Crippen molar-refractivity contribution < 1.29 is 14.4 Å². The maximum atomic E-state index is 13.5. The van der Waals surface area contributed by atoms with Crippen molar-refractivity contribution in [2.75, 3.05) is 0 Å². The molecule has 0 saturated heterocycles. The Labute approximate surface area is 499 Å². The number of fused-ring (bicyclic) bond motifs is 3. The van der Waals surface area contributed by atoms with Gasteiger partial charge in [0.25, 0.3) is 0 Å². The van der Waals surface area contributed by atoms with E-state index in [-0.39, 0.29) is 16.2 Å². The van der Waals surface area contributed by atoms with Crippen LogP contribution in [0.25, 0.3) is 0 Å². The van der Waals surface area contributed by atoms with Crippen molar-refractivity contribution in [1.29, 1.82) is 0 Å². The lowest BCUT2D eigenvalue weighted by molar-refractivity contribution is -0.119. The van der Waals surface area contributed by atoms with Crippen LogP contribution in [0.5, 0.6) is 0 Å². The van der Waals surface area contributed by atoms with E-state index in [1.807, 2.05) is 0 Å². The van der Waals surface area contributed by atoms with Gasteiger partial charge in [-0.05, 0) is 111 Å². The zero-order valence-electron chi connectivity index (χ0n) is 51.8. The summed E-state index contributed by atoms with van der Waals surface area (Å²) in [6.45, 7) is 20.2. The molecule has 3 atom stereocenters. The topological polar surface area (TPSA) is 137 Å².